The summed E-state index contributed by atoms with van der Waals surface area (Å²) in [7, 11) is 1.53. The first-order chi connectivity index (χ1) is 9.51. The van der Waals surface area contributed by atoms with Gasteiger partial charge in [-0.3, -0.25) is 0 Å². The van der Waals surface area contributed by atoms with Gasteiger partial charge in [-0.1, -0.05) is 28.1 Å². The molecule has 3 nitrogen and oxygen atoms in total. The number of halogens is 2. The third-order valence-corrected chi connectivity index (χ3v) is 3.28. The third-order valence-electron chi connectivity index (χ3n) is 2.57. The molecule has 0 aliphatic carbocycles. The lowest BCUT2D eigenvalue weighted by Gasteiger charge is -2.12. The highest BCUT2D eigenvalue weighted by Crippen LogP contribution is 2.32. The highest BCUT2D eigenvalue weighted by molar-refractivity contribution is 9.10. The van der Waals surface area contributed by atoms with Gasteiger partial charge in [-0.05, 0) is 30.3 Å². The zero-order chi connectivity index (χ0) is 14.7. The Kier molecular flexibility index (Phi) is 4.57. The molecule has 2 rings (SSSR count). The molecule has 0 fully saturated rings. The second-order valence-electron chi connectivity index (χ2n) is 3.90. The van der Waals surface area contributed by atoms with E-state index in [2.05, 4.69) is 15.9 Å². The van der Waals surface area contributed by atoms with Crippen molar-refractivity contribution in [2.75, 3.05) is 7.11 Å². The number of hydrogen-bond acceptors (Lipinski definition) is 3. The highest BCUT2D eigenvalue weighted by atomic mass is 79.9. The average Bonchev–Trinajstić information content (AvgIpc) is 2.42. The van der Waals surface area contributed by atoms with E-state index in [1.54, 1.807) is 24.3 Å². The van der Waals surface area contributed by atoms with Crippen molar-refractivity contribution in [3.8, 4) is 17.2 Å². The second kappa shape index (κ2) is 6.19. The summed E-state index contributed by atoms with van der Waals surface area (Å²) in [5.74, 6) is 0.499. The van der Waals surface area contributed by atoms with Gasteiger partial charge in [0, 0.05) is 10.5 Å². The van der Waals surface area contributed by atoms with Crippen molar-refractivity contribution in [3.05, 3.63) is 52.3 Å². The maximum absolute atomic E-state index is 13.7. The zero-order valence-corrected chi connectivity index (χ0v) is 12.9. The monoisotopic (exact) mass is 355 g/mol. The first kappa shape index (κ1) is 14.7. The molecule has 0 aromatic heterocycles. The van der Waals surface area contributed by atoms with Crippen molar-refractivity contribution >= 4 is 33.1 Å². The minimum atomic E-state index is -0.482. The van der Waals surface area contributed by atoms with Gasteiger partial charge in [-0.15, -0.1) is 0 Å². The van der Waals surface area contributed by atoms with Crippen LogP contribution in [0.25, 0.3) is 0 Å². The Morgan fingerprint density at radius 1 is 1.20 bits per heavy atom. The summed E-state index contributed by atoms with van der Waals surface area (Å²) in [6.45, 7) is 0. The molecule has 0 saturated carbocycles. The largest absolute Gasteiger partial charge is 0.497 e. The van der Waals surface area contributed by atoms with E-state index in [0.717, 1.165) is 0 Å². The van der Waals surface area contributed by atoms with Gasteiger partial charge in [0.1, 0.15) is 16.5 Å². The van der Waals surface area contributed by atoms with Crippen LogP contribution in [0.4, 0.5) is 4.39 Å². The van der Waals surface area contributed by atoms with Crippen LogP contribution in [-0.2, 0) is 0 Å². The van der Waals surface area contributed by atoms with E-state index in [1.165, 1.54) is 19.2 Å². The smallest absolute Gasteiger partial charge is 0.165 e. The molecule has 0 spiro atoms. The number of benzene rings is 2. The Bertz CT molecular complexity index is 664. The van der Waals surface area contributed by atoms with Crippen LogP contribution in [0.2, 0.25) is 0 Å². The van der Waals surface area contributed by atoms with Crippen LogP contribution in [-0.4, -0.2) is 12.1 Å². The number of methoxy groups -OCH3 is 1. The van der Waals surface area contributed by atoms with E-state index >= 15 is 0 Å². The Hall–Kier alpha value is -1.66. The molecule has 0 saturated heterocycles. The molecule has 0 amide bonds. The van der Waals surface area contributed by atoms with Gasteiger partial charge >= 0.3 is 0 Å². The molecule has 0 atom stereocenters. The van der Waals surface area contributed by atoms with Crippen molar-refractivity contribution < 1.29 is 13.9 Å². The summed E-state index contributed by atoms with van der Waals surface area (Å²) in [6.07, 6.45) is 0. The molecular formula is C14H11BrFNO2S. The van der Waals surface area contributed by atoms with Crippen molar-refractivity contribution in [2.24, 2.45) is 5.73 Å². The van der Waals surface area contributed by atoms with Crippen LogP contribution in [0.1, 0.15) is 5.56 Å². The maximum atomic E-state index is 13.7. The standard InChI is InChI=1S/C14H11BrFNO2S/c1-18-9-3-4-10(14(17)20)12(7-9)19-13-6-8(15)2-5-11(13)16/h2-7H,1H3,(H2,17,20). The van der Waals surface area contributed by atoms with E-state index in [4.69, 9.17) is 27.4 Å². The van der Waals surface area contributed by atoms with Gasteiger partial charge in [0.2, 0.25) is 0 Å². The molecule has 0 aliphatic rings. The summed E-state index contributed by atoms with van der Waals surface area (Å²) in [6, 6.07) is 9.40. The Labute approximate surface area is 129 Å². The van der Waals surface area contributed by atoms with E-state index in [0.29, 0.717) is 21.5 Å². The fourth-order valence-corrected chi connectivity index (χ4v) is 2.10. The minimum Gasteiger partial charge on any atom is -0.497 e. The fraction of sp³-hybridized carbons (Fsp3) is 0.0714. The zero-order valence-electron chi connectivity index (χ0n) is 10.5. The predicted octanol–water partition coefficient (Wildman–Crippen LogP) is 4.02. The summed E-state index contributed by atoms with van der Waals surface area (Å²) in [4.78, 5) is 0.165. The lowest BCUT2D eigenvalue weighted by molar-refractivity contribution is 0.405. The summed E-state index contributed by atoms with van der Waals surface area (Å²) >= 11 is 8.22. The fourth-order valence-electron chi connectivity index (χ4n) is 1.59. The number of thiocarbonyl (C=S) groups is 1. The second-order valence-corrected chi connectivity index (χ2v) is 5.26. The van der Waals surface area contributed by atoms with Crippen molar-refractivity contribution in [2.45, 2.75) is 0 Å². The molecule has 2 aromatic rings. The normalized spacial score (nSPS) is 10.2. The SMILES string of the molecule is COc1ccc(C(N)=S)c(Oc2cc(Br)ccc2F)c1. The van der Waals surface area contributed by atoms with Gasteiger partial charge < -0.3 is 15.2 Å². The molecule has 2 aromatic carbocycles. The number of nitrogens with two attached hydrogens (primary N) is 1. The first-order valence-electron chi connectivity index (χ1n) is 5.62. The van der Waals surface area contributed by atoms with Crippen LogP contribution in [0.3, 0.4) is 0 Å². The maximum Gasteiger partial charge on any atom is 0.165 e. The number of rotatable bonds is 4. The van der Waals surface area contributed by atoms with Crippen LogP contribution < -0.4 is 15.2 Å². The summed E-state index contributed by atoms with van der Waals surface area (Å²) in [5, 5.41) is 0. The van der Waals surface area contributed by atoms with Crippen LogP contribution >= 0.6 is 28.1 Å². The molecule has 20 heavy (non-hydrogen) atoms. The summed E-state index contributed by atoms with van der Waals surface area (Å²) in [5.41, 5.74) is 6.15. The van der Waals surface area contributed by atoms with Crippen LogP contribution in [0.15, 0.2) is 40.9 Å². The van der Waals surface area contributed by atoms with E-state index in [-0.39, 0.29) is 10.7 Å². The predicted molar refractivity (Wildman–Crippen MR) is 83.1 cm³/mol. The molecule has 104 valence electrons. The first-order valence-corrected chi connectivity index (χ1v) is 6.82. The molecule has 0 radical (unpaired) electrons. The van der Waals surface area contributed by atoms with Gasteiger partial charge in [0.15, 0.2) is 11.6 Å². The minimum absolute atomic E-state index is 0.0742. The Balaban J connectivity index is 2.45. The molecule has 2 N–H and O–H groups in total. The van der Waals surface area contributed by atoms with Crippen molar-refractivity contribution in [1.82, 2.24) is 0 Å². The lowest BCUT2D eigenvalue weighted by atomic mass is 10.2. The quantitative estimate of drug-likeness (QED) is 0.841. The molecule has 0 heterocycles. The van der Waals surface area contributed by atoms with E-state index in [9.17, 15) is 4.39 Å². The van der Waals surface area contributed by atoms with Gasteiger partial charge in [-0.25, -0.2) is 4.39 Å². The average molecular weight is 356 g/mol. The number of hydrogen-bond donors (Lipinski definition) is 1. The lowest BCUT2D eigenvalue weighted by Crippen LogP contribution is -2.11. The van der Waals surface area contributed by atoms with E-state index in [1.807, 2.05) is 0 Å². The molecule has 0 bridgehead atoms. The van der Waals surface area contributed by atoms with Gasteiger partial charge in [-0.2, -0.15) is 0 Å². The van der Waals surface area contributed by atoms with E-state index < -0.39 is 5.82 Å². The van der Waals surface area contributed by atoms with Gasteiger partial charge in [0.25, 0.3) is 0 Å². The topological polar surface area (TPSA) is 44.5 Å². The molecule has 0 aliphatic heterocycles. The summed E-state index contributed by atoms with van der Waals surface area (Å²) < 4.78 is 25.1. The molecule has 0 unspecified atom stereocenters. The van der Waals surface area contributed by atoms with Crippen molar-refractivity contribution in [3.63, 3.8) is 0 Å². The third kappa shape index (κ3) is 3.26. The van der Waals surface area contributed by atoms with Crippen LogP contribution in [0.5, 0.6) is 17.2 Å². The Morgan fingerprint density at radius 3 is 2.60 bits per heavy atom. The number of ether oxygens (including phenoxy) is 2. The molecular weight excluding hydrogens is 345 g/mol. The molecule has 6 heteroatoms. The highest BCUT2D eigenvalue weighted by Gasteiger charge is 2.12. The van der Waals surface area contributed by atoms with Crippen LogP contribution in [0, 0.1) is 5.82 Å². The Morgan fingerprint density at radius 2 is 1.95 bits per heavy atom. The van der Waals surface area contributed by atoms with Gasteiger partial charge in [0.05, 0.1) is 12.7 Å². The van der Waals surface area contributed by atoms with Crippen molar-refractivity contribution in [1.29, 1.82) is 0 Å².